The molecular weight excluding hydrogens is 462 g/mol. The first-order chi connectivity index (χ1) is 16.6. The van der Waals surface area contributed by atoms with Crippen LogP contribution in [0, 0.1) is 13.8 Å². The quantitative estimate of drug-likeness (QED) is 0.573. The van der Waals surface area contributed by atoms with E-state index in [1.807, 2.05) is 56.3 Å². The van der Waals surface area contributed by atoms with E-state index in [4.69, 9.17) is 0 Å². The second-order valence-electron chi connectivity index (χ2n) is 9.04. The molecule has 1 aliphatic rings. The molecule has 0 saturated carbocycles. The number of piperazine rings is 1. The van der Waals surface area contributed by atoms with Crippen LogP contribution in [0.4, 0.5) is 5.69 Å². The summed E-state index contributed by atoms with van der Waals surface area (Å²) in [6.45, 7) is 5.08. The third kappa shape index (κ3) is 4.85. The molecule has 3 aromatic rings. The van der Waals surface area contributed by atoms with Gasteiger partial charge >= 0.3 is 0 Å². The molecule has 1 unspecified atom stereocenters. The molecule has 1 aliphatic heterocycles. The summed E-state index contributed by atoms with van der Waals surface area (Å²) >= 11 is 0. The van der Waals surface area contributed by atoms with Crippen molar-refractivity contribution in [3.05, 3.63) is 95.6 Å². The molecule has 1 fully saturated rings. The van der Waals surface area contributed by atoms with E-state index in [2.05, 4.69) is 5.32 Å². The fraction of sp³-hybridized carbons (Fsp3) is 0.259. The summed E-state index contributed by atoms with van der Waals surface area (Å²) in [6.07, 6.45) is 0. The van der Waals surface area contributed by atoms with Gasteiger partial charge in [-0.3, -0.25) is 14.5 Å². The minimum absolute atomic E-state index is 0.0901. The highest BCUT2D eigenvalue weighted by Crippen LogP contribution is 2.34. The highest BCUT2D eigenvalue weighted by atomic mass is 32.2. The summed E-state index contributed by atoms with van der Waals surface area (Å²) in [7, 11) is -3.99. The average Bonchev–Trinajstić information content (AvgIpc) is 2.84. The van der Waals surface area contributed by atoms with Gasteiger partial charge in [0.25, 0.3) is 0 Å². The van der Waals surface area contributed by atoms with Gasteiger partial charge in [0.1, 0.15) is 5.54 Å². The van der Waals surface area contributed by atoms with E-state index in [0.717, 1.165) is 21.0 Å². The molecule has 1 N–H and O–H groups in total. The molecule has 0 bridgehead atoms. The second kappa shape index (κ2) is 9.64. The SMILES string of the molecule is Cc1ccc(S(=O)(=O)N2CC(=O)N(c3ccccc3C)C(C)(C(=O)NCc3ccccc3)C2)cc1. The van der Waals surface area contributed by atoms with Crippen molar-refractivity contribution in [3.63, 3.8) is 0 Å². The Bertz CT molecular complexity index is 1340. The van der Waals surface area contributed by atoms with Gasteiger partial charge in [-0.2, -0.15) is 4.31 Å². The summed E-state index contributed by atoms with van der Waals surface area (Å²) in [5.74, 6) is -0.889. The number of benzene rings is 3. The molecule has 3 aromatic carbocycles. The monoisotopic (exact) mass is 491 g/mol. The van der Waals surface area contributed by atoms with Crippen molar-refractivity contribution in [3.8, 4) is 0 Å². The number of carbonyl (C=O) groups excluding carboxylic acids is 2. The van der Waals surface area contributed by atoms with Crippen LogP contribution >= 0.6 is 0 Å². The van der Waals surface area contributed by atoms with Crippen LogP contribution in [0.3, 0.4) is 0 Å². The Labute approximate surface area is 206 Å². The van der Waals surface area contributed by atoms with Crippen LogP contribution in [0.5, 0.6) is 0 Å². The topological polar surface area (TPSA) is 86.8 Å². The molecule has 1 saturated heterocycles. The predicted octanol–water partition coefficient (Wildman–Crippen LogP) is 3.42. The summed E-state index contributed by atoms with van der Waals surface area (Å²) in [5.41, 5.74) is 1.77. The number of nitrogens with zero attached hydrogens (tertiary/aromatic N) is 2. The van der Waals surface area contributed by atoms with Gasteiger partial charge in [0, 0.05) is 18.8 Å². The minimum atomic E-state index is -3.99. The first kappa shape index (κ1) is 24.6. The van der Waals surface area contributed by atoms with Crippen molar-refractivity contribution in [2.24, 2.45) is 0 Å². The standard InChI is InChI=1S/C27H29N3O4S/c1-20-13-15-23(16-14-20)35(33,34)29-18-25(31)30(24-12-8-7-9-21(24)2)27(3,19-29)26(32)28-17-22-10-5-4-6-11-22/h4-16H,17-19H2,1-3H3,(H,28,32). The smallest absolute Gasteiger partial charge is 0.247 e. The summed E-state index contributed by atoms with van der Waals surface area (Å²) in [4.78, 5) is 28.7. The third-order valence-corrected chi connectivity index (χ3v) is 8.14. The van der Waals surface area contributed by atoms with Gasteiger partial charge in [0.05, 0.1) is 11.4 Å². The van der Waals surface area contributed by atoms with Crippen molar-refractivity contribution in [1.82, 2.24) is 9.62 Å². The number of aryl methyl sites for hydroxylation is 2. The van der Waals surface area contributed by atoms with E-state index in [9.17, 15) is 18.0 Å². The molecule has 1 heterocycles. The van der Waals surface area contributed by atoms with Gasteiger partial charge in [-0.05, 0) is 50.1 Å². The van der Waals surface area contributed by atoms with Crippen LogP contribution in [0.1, 0.15) is 23.6 Å². The number of anilines is 1. The molecule has 7 nitrogen and oxygen atoms in total. The van der Waals surface area contributed by atoms with Crippen LogP contribution < -0.4 is 10.2 Å². The summed E-state index contributed by atoms with van der Waals surface area (Å²) in [6, 6.07) is 23.2. The molecule has 0 aromatic heterocycles. The zero-order valence-corrected chi connectivity index (χ0v) is 20.9. The van der Waals surface area contributed by atoms with Crippen LogP contribution in [0.25, 0.3) is 0 Å². The number of nitrogens with one attached hydrogen (secondary N) is 1. The third-order valence-electron chi connectivity index (χ3n) is 6.34. The molecular formula is C27H29N3O4S. The zero-order chi connectivity index (χ0) is 25.2. The van der Waals surface area contributed by atoms with Gasteiger partial charge in [0.2, 0.25) is 21.8 Å². The molecule has 1 atom stereocenters. The lowest BCUT2D eigenvalue weighted by atomic mass is 9.93. The van der Waals surface area contributed by atoms with Crippen LogP contribution in [0.2, 0.25) is 0 Å². The van der Waals surface area contributed by atoms with Crippen molar-refractivity contribution in [2.75, 3.05) is 18.0 Å². The highest BCUT2D eigenvalue weighted by molar-refractivity contribution is 7.89. The summed E-state index contributed by atoms with van der Waals surface area (Å²) < 4.78 is 28.0. The minimum Gasteiger partial charge on any atom is -0.350 e. The van der Waals surface area contributed by atoms with Crippen LogP contribution in [0.15, 0.2) is 83.8 Å². The maximum atomic E-state index is 13.7. The van der Waals surface area contributed by atoms with Crippen LogP contribution in [-0.4, -0.2) is 43.2 Å². The lowest BCUT2D eigenvalue weighted by Gasteiger charge is -2.47. The van der Waals surface area contributed by atoms with Gasteiger partial charge in [0.15, 0.2) is 0 Å². The molecule has 182 valence electrons. The van der Waals surface area contributed by atoms with E-state index in [1.165, 1.54) is 17.0 Å². The number of amides is 2. The molecule has 4 rings (SSSR count). The Balaban J connectivity index is 1.72. The predicted molar refractivity (Wildman–Crippen MR) is 135 cm³/mol. The lowest BCUT2D eigenvalue weighted by Crippen LogP contribution is -2.70. The molecule has 0 radical (unpaired) electrons. The number of hydrogen-bond donors (Lipinski definition) is 1. The number of hydrogen-bond acceptors (Lipinski definition) is 4. The van der Waals surface area contributed by atoms with E-state index in [-0.39, 0.29) is 24.5 Å². The maximum Gasteiger partial charge on any atom is 0.247 e. The number of rotatable bonds is 6. The van der Waals surface area contributed by atoms with Gasteiger partial charge in [-0.15, -0.1) is 0 Å². The highest BCUT2D eigenvalue weighted by Gasteiger charge is 2.51. The Morgan fingerprint density at radius 1 is 0.943 bits per heavy atom. The van der Waals surface area contributed by atoms with Gasteiger partial charge < -0.3 is 5.32 Å². The molecule has 0 spiro atoms. The van der Waals surface area contributed by atoms with E-state index < -0.39 is 27.4 Å². The number of para-hydroxylation sites is 1. The van der Waals surface area contributed by atoms with E-state index in [0.29, 0.717) is 5.69 Å². The van der Waals surface area contributed by atoms with E-state index in [1.54, 1.807) is 31.2 Å². The average molecular weight is 492 g/mol. The van der Waals surface area contributed by atoms with Crippen LogP contribution in [-0.2, 0) is 26.2 Å². The van der Waals surface area contributed by atoms with E-state index >= 15 is 0 Å². The largest absolute Gasteiger partial charge is 0.350 e. The molecule has 8 heteroatoms. The lowest BCUT2D eigenvalue weighted by molar-refractivity contribution is -0.133. The fourth-order valence-electron chi connectivity index (χ4n) is 4.35. The summed E-state index contributed by atoms with van der Waals surface area (Å²) in [5, 5.41) is 2.91. The molecule has 2 amide bonds. The van der Waals surface area contributed by atoms with Crippen molar-refractivity contribution < 1.29 is 18.0 Å². The molecule has 35 heavy (non-hydrogen) atoms. The fourth-order valence-corrected chi connectivity index (χ4v) is 5.83. The van der Waals surface area contributed by atoms with Crippen molar-refractivity contribution in [1.29, 1.82) is 0 Å². The molecule has 0 aliphatic carbocycles. The first-order valence-electron chi connectivity index (χ1n) is 11.4. The van der Waals surface area contributed by atoms with Crippen molar-refractivity contribution in [2.45, 2.75) is 37.8 Å². The van der Waals surface area contributed by atoms with Gasteiger partial charge in [-0.25, -0.2) is 8.42 Å². The normalized spacial score (nSPS) is 18.9. The number of sulfonamides is 1. The maximum absolute atomic E-state index is 13.7. The second-order valence-corrected chi connectivity index (χ2v) is 11.0. The Morgan fingerprint density at radius 2 is 1.57 bits per heavy atom. The Morgan fingerprint density at radius 3 is 2.23 bits per heavy atom. The van der Waals surface area contributed by atoms with Crippen molar-refractivity contribution >= 4 is 27.5 Å². The first-order valence-corrected chi connectivity index (χ1v) is 12.8. The van der Waals surface area contributed by atoms with Gasteiger partial charge in [-0.1, -0.05) is 66.2 Å². The Kier molecular flexibility index (Phi) is 6.78. The Hall–Kier alpha value is -3.49. The zero-order valence-electron chi connectivity index (χ0n) is 20.1. The number of carbonyl (C=O) groups is 2.